The maximum atomic E-state index is 12.5. The Balaban J connectivity index is 1.65. The Morgan fingerprint density at radius 2 is 1.65 bits per heavy atom. The molecule has 0 saturated carbocycles. The summed E-state index contributed by atoms with van der Waals surface area (Å²) in [7, 11) is 0. The fourth-order valence-corrected chi connectivity index (χ4v) is 3.52. The third-order valence-electron chi connectivity index (χ3n) is 3.87. The molecular formula is C20H12Br2N2O2. The number of carbonyl (C=O) groups is 1. The number of anilines is 1. The fourth-order valence-electron chi connectivity index (χ4n) is 2.60. The summed E-state index contributed by atoms with van der Waals surface area (Å²) >= 11 is 6.90. The minimum atomic E-state index is -0.189. The van der Waals surface area contributed by atoms with Crippen molar-refractivity contribution in [3.05, 3.63) is 81.2 Å². The van der Waals surface area contributed by atoms with Crippen LogP contribution in [0, 0.1) is 0 Å². The molecule has 1 heterocycles. The summed E-state index contributed by atoms with van der Waals surface area (Å²) in [5.41, 5.74) is 3.45. The van der Waals surface area contributed by atoms with Crippen LogP contribution < -0.4 is 5.32 Å². The second-order valence-corrected chi connectivity index (χ2v) is 7.32. The summed E-state index contributed by atoms with van der Waals surface area (Å²) in [4.78, 5) is 17.0. The molecule has 1 N–H and O–H groups in total. The number of nitrogens with zero attached hydrogens (tertiary/aromatic N) is 1. The van der Waals surface area contributed by atoms with Crippen molar-refractivity contribution in [2.75, 3.05) is 5.32 Å². The Morgan fingerprint density at radius 1 is 0.923 bits per heavy atom. The van der Waals surface area contributed by atoms with Gasteiger partial charge in [-0.05, 0) is 74.3 Å². The summed E-state index contributed by atoms with van der Waals surface area (Å²) in [6.45, 7) is 0. The Hall–Kier alpha value is -2.44. The molecular weight excluding hydrogens is 460 g/mol. The lowest BCUT2D eigenvalue weighted by atomic mass is 10.2. The summed E-state index contributed by atoms with van der Waals surface area (Å²) in [5, 5.41) is 2.89. The van der Waals surface area contributed by atoms with Crippen molar-refractivity contribution in [2.45, 2.75) is 0 Å². The number of amides is 1. The van der Waals surface area contributed by atoms with Crippen molar-refractivity contribution in [1.29, 1.82) is 0 Å². The highest BCUT2D eigenvalue weighted by molar-refractivity contribution is 9.10. The first-order valence-corrected chi connectivity index (χ1v) is 9.42. The Kier molecular flexibility index (Phi) is 4.61. The molecule has 26 heavy (non-hydrogen) atoms. The standard InChI is InChI=1S/C20H12Br2N2O2/c21-15-7-3-1-5-13(15)19(25)23-12-9-10-18-17(11-12)24-20(26-18)14-6-2-4-8-16(14)22/h1-11H,(H,23,25). The molecule has 0 unspecified atom stereocenters. The lowest BCUT2D eigenvalue weighted by Crippen LogP contribution is -2.12. The Morgan fingerprint density at radius 3 is 2.42 bits per heavy atom. The predicted molar refractivity (Wildman–Crippen MR) is 109 cm³/mol. The van der Waals surface area contributed by atoms with Crippen LogP contribution in [-0.4, -0.2) is 10.9 Å². The third-order valence-corrected chi connectivity index (χ3v) is 5.25. The number of hydrogen-bond acceptors (Lipinski definition) is 3. The van der Waals surface area contributed by atoms with Crippen molar-refractivity contribution in [3.63, 3.8) is 0 Å². The van der Waals surface area contributed by atoms with E-state index in [1.165, 1.54) is 0 Å². The van der Waals surface area contributed by atoms with E-state index < -0.39 is 0 Å². The molecule has 1 amide bonds. The minimum absolute atomic E-state index is 0.189. The second-order valence-electron chi connectivity index (χ2n) is 5.62. The zero-order valence-corrected chi connectivity index (χ0v) is 16.5. The van der Waals surface area contributed by atoms with Gasteiger partial charge in [-0.3, -0.25) is 4.79 Å². The summed E-state index contributed by atoms with van der Waals surface area (Å²) in [6, 6.07) is 20.4. The topological polar surface area (TPSA) is 55.1 Å². The monoisotopic (exact) mass is 470 g/mol. The Labute approximate surface area is 166 Å². The molecule has 128 valence electrons. The van der Waals surface area contributed by atoms with Crippen LogP contribution in [0.4, 0.5) is 5.69 Å². The van der Waals surface area contributed by atoms with Gasteiger partial charge in [0.1, 0.15) is 5.52 Å². The lowest BCUT2D eigenvalue weighted by molar-refractivity contribution is 0.102. The van der Waals surface area contributed by atoms with Gasteiger partial charge in [-0.2, -0.15) is 0 Å². The quantitative estimate of drug-likeness (QED) is 0.383. The van der Waals surface area contributed by atoms with Gasteiger partial charge in [-0.15, -0.1) is 0 Å². The van der Waals surface area contributed by atoms with E-state index in [4.69, 9.17) is 4.42 Å². The van der Waals surface area contributed by atoms with E-state index in [-0.39, 0.29) is 5.91 Å². The summed E-state index contributed by atoms with van der Waals surface area (Å²) < 4.78 is 7.49. The largest absolute Gasteiger partial charge is 0.436 e. The molecule has 0 atom stereocenters. The number of halogens is 2. The van der Waals surface area contributed by atoms with Gasteiger partial charge in [0.2, 0.25) is 5.89 Å². The van der Waals surface area contributed by atoms with Gasteiger partial charge in [-0.1, -0.05) is 24.3 Å². The molecule has 4 nitrogen and oxygen atoms in total. The number of fused-ring (bicyclic) bond motifs is 1. The normalized spacial score (nSPS) is 10.8. The molecule has 4 rings (SSSR count). The van der Waals surface area contributed by atoms with E-state index in [1.54, 1.807) is 24.3 Å². The first-order chi connectivity index (χ1) is 12.6. The van der Waals surface area contributed by atoms with Crippen LogP contribution >= 0.6 is 31.9 Å². The van der Waals surface area contributed by atoms with Gasteiger partial charge in [0.25, 0.3) is 5.91 Å². The summed E-state index contributed by atoms with van der Waals surface area (Å²) in [6.07, 6.45) is 0. The lowest BCUT2D eigenvalue weighted by Gasteiger charge is -2.06. The minimum Gasteiger partial charge on any atom is -0.436 e. The molecule has 0 fully saturated rings. The molecule has 0 aliphatic carbocycles. The van der Waals surface area contributed by atoms with Crippen molar-refractivity contribution < 1.29 is 9.21 Å². The number of rotatable bonds is 3. The number of aromatic nitrogens is 1. The van der Waals surface area contributed by atoms with Crippen molar-refractivity contribution in [3.8, 4) is 11.5 Å². The number of carbonyl (C=O) groups excluding carboxylic acids is 1. The molecule has 0 aliphatic heterocycles. The molecule has 4 aromatic rings. The van der Waals surface area contributed by atoms with Crippen LogP contribution in [0.1, 0.15) is 10.4 Å². The van der Waals surface area contributed by atoms with Gasteiger partial charge >= 0.3 is 0 Å². The zero-order chi connectivity index (χ0) is 18.1. The van der Waals surface area contributed by atoms with E-state index in [0.717, 1.165) is 14.5 Å². The SMILES string of the molecule is O=C(Nc1ccc2oc(-c3ccccc3Br)nc2c1)c1ccccc1Br. The first kappa shape index (κ1) is 17.0. The highest BCUT2D eigenvalue weighted by Crippen LogP contribution is 2.31. The van der Waals surface area contributed by atoms with Crippen LogP contribution in [0.2, 0.25) is 0 Å². The van der Waals surface area contributed by atoms with Crippen LogP contribution in [0.15, 0.2) is 80.1 Å². The second kappa shape index (κ2) is 7.05. The molecule has 0 saturated heterocycles. The van der Waals surface area contributed by atoms with E-state index in [0.29, 0.717) is 28.2 Å². The number of hydrogen-bond donors (Lipinski definition) is 1. The first-order valence-electron chi connectivity index (χ1n) is 7.83. The number of nitrogens with one attached hydrogen (secondary N) is 1. The number of oxazole rings is 1. The smallest absolute Gasteiger partial charge is 0.256 e. The molecule has 6 heteroatoms. The van der Waals surface area contributed by atoms with E-state index in [9.17, 15) is 4.79 Å². The Bertz CT molecular complexity index is 1120. The van der Waals surface area contributed by atoms with Gasteiger partial charge in [0, 0.05) is 14.6 Å². The maximum Gasteiger partial charge on any atom is 0.256 e. The van der Waals surface area contributed by atoms with Crippen LogP contribution in [0.5, 0.6) is 0 Å². The third kappa shape index (κ3) is 3.30. The van der Waals surface area contributed by atoms with Crippen molar-refractivity contribution in [1.82, 2.24) is 4.98 Å². The molecule has 0 bridgehead atoms. The zero-order valence-electron chi connectivity index (χ0n) is 13.4. The maximum absolute atomic E-state index is 12.5. The molecule has 0 aliphatic rings. The molecule has 0 spiro atoms. The fraction of sp³-hybridized carbons (Fsp3) is 0. The highest BCUT2D eigenvalue weighted by Gasteiger charge is 2.13. The highest BCUT2D eigenvalue weighted by atomic mass is 79.9. The van der Waals surface area contributed by atoms with Crippen molar-refractivity contribution in [2.24, 2.45) is 0 Å². The van der Waals surface area contributed by atoms with Crippen molar-refractivity contribution >= 4 is 54.6 Å². The van der Waals surface area contributed by atoms with Crippen LogP contribution in [-0.2, 0) is 0 Å². The molecule has 0 radical (unpaired) electrons. The van der Waals surface area contributed by atoms with E-state index in [2.05, 4.69) is 42.2 Å². The van der Waals surface area contributed by atoms with Gasteiger partial charge in [0.15, 0.2) is 5.58 Å². The molecule has 3 aromatic carbocycles. The van der Waals surface area contributed by atoms with E-state index in [1.807, 2.05) is 42.5 Å². The molecule has 1 aromatic heterocycles. The average Bonchev–Trinajstić information content (AvgIpc) is 3.05. The average molecular weight is 472 g/mol. The van der Waals surface area contributed by atoms with Crippen LogP contribution in [0.25, 0.3) is 22.6 Å². The summed E-state index contributed by atoms with van der Waals surface area (Å²) in [5.74, 6) is 0.341. The van der Waals surface area contributed by atoms with Crippen LogP contribution in [0.3, 0.4) is 0 Å². The van der Waals surface area contributed by atoms with E-state index >= 15 is 0 Å². The van der Waals surface area contributed by atoms with Gasteiger partial charge in [0.05, 0.1) is 11.1 Å². The number of benzene rings is 3. The predicted octanol–water partition coefficient (Wildman–Crippen LogP) is 6.27. The van der Waals surface area contributed by atoms with Gasteiger partial charge in [-0.25, -0.2) is 4.98 Å². The van der Waals surface area contributed by atoms with Gasteiger partial charge < -0.3 is 9.73 Å².